The van der Waals surface area contributed by atoms with Gasteiger partial charge in [-0.15, -0.1) is 12.4 Å². The van der Waals surface area contributed by atoms with Crippen molar-refractivity contribution in [3.05, 3.63) is 34.9 Å². The van der Waals surface area contributed by atoms with Crippen LogP contribution < -0.4 is 0 Å². The minimum absolute atomic E-state index is 0. The molecule has 2 rings (SSSR count). The van der Waals surface area contributed by atoms with Crippen molar-refractivity contribution in [2.75, 3.05) is 13.1 Å². The minimum Gasteiger partial charge on any atom is -0.481 e. The number of benzene rings is 1. The number of piperidine rings is 1. The first-order valence-electron chi connectivity index (χ1n) is 6.57. The maximum Gasteiger partial charge on any atom is 0.307 e. The van der Waals surface area contributed by atoms with E-state index in [1.165, 1.54) is 16.7 Å². The number of carbonyl (C=O) groups is 1. The number of aliphatic carboxylic acids is 1. The zero-order valence-corrected chi connectivity index (χ0v) is 12.4. The molecule has 1 saturated heterocycles. The molecule has 1 N–H and O–H groups in total. The Morgan fingerprint density at radius 1 is 1.32 bits per heavy atom. The average Bonchev–Trinajstić information content (AvgIpc) is 2.27. The topological polar surface area (TPSA) is 40.5 Å². The maximum absolute atomic E-state index is 11.0. The summed E-state index contributed by atoms with van der Waals surface area (Å²) in [5.74, 6) is -0.843. The standard InChI is InChI=1S/C15H21NO2.ClH/c1-11-6-12(2)8-13(7-11)9-16-5-3-4-14(10-16)15(17)18;/h6-8,14H,3-5,9-10H2,1-2H3,(H,17,18);1H. The molecule has 0 bridgehead atoms. The molecule has 1 aromatic rings. The smallest absolute Gasteiger partial charge is 0.307 e. The van der Waals surface area contributed by atoms with Gasteiger partial charge >= 0.3 is 5.97 Å². The van der Waals surface area contributed by atoms with Gasteiger partial charge in [0, 0.05) is 13.1 Å². The molecule has 0 saturated carbocycles. The normalized spacial score (nSPS) is 19.8. The molecule has 0 amide bonds. The number of rotatable bonds is 3. The van der Waals surface area contributed by atoms with Gasteiger partial charge in [-0.1, -0.05) is 29.3 Å². The van der Waals surface area contributed by atoms with E-state index in [1.54, 1.807) is 0 Å². The molecule has 1 aliphatic heterocycles. The lowest BCUT2D eigenvalue weighted by Crippen LogP contribution is -2.38. The first kappa shape index (κ1) is 16.0. The van der Waals surface area contributed by atoms with E-state index < -0.39 is 5.97 Å². The van der Waals surface area contributed by atoms with Gasteiger partial charge < -0.3 is 5.11 Å². The Hall–Kier alpha value is -1.06. The van der Waals surface area contributed by atoms with E-state index >= 15 is 0 Å². The number of carboxylic acid groups (broad SMARTS) is 1. The quantitative estimate of drug-likeness (QED) is 0.927. The van der Waals surface area contributed by atoms with Gasteiger partial charge in [0.05, 0.1) is 5.92 Å². The molecule has 0 spiro atoms. The molecule has 1 aromatic carbocycles. The van der Waals surface area contributed by atoms with Crippen LogP contribution in [0.3, 0.4) is 0 Å². The van der Waals surface area contributed by atoms with Crippen molar-refractivity contribution in [1.29, 1.82) is 0 Å². The second-order valence-electron chi connectivity index (χ2n) is 5.41. The SMILES string of the molecule is Cc1cc(C)cc(CN2CCCC(C(=O)O)C2)c1.Cl. The second kappa shape index (κ2) is 6.92. The third-order valence-corrected chi connectivity index (χ3v) is 3.54. The molecule has 1 atom stereocenters. The fourth-order valence-electron chi connectivity index (χ4n) is 2.82. The summed E-state index contributed by atoms with van der Waals surface area (Å²) in [6.07, 6.45) is 1.81. The summed E-state index contributed by atoms with van der Waals surface area (Å²) < 4.78 is 0. The molecule has 1 heterocycles. The predicted octanol–water partition coefficient (Wildman–Crippen LogP) is 3.02. The fraction of sp³-hybridized carbons (Fsp3) is 0.533. The monoisotopic (exact) mass is 283 g/mol. The molecule has 4 heteroatoms. The van der Waals surface area contributed by atoms with Crippen LogP contribution in [0, 0.1) is 19.8 Å². The van der Waals surface area contributed by atoms with Gasteiger partial charge in [0.1, 0.15) is 0 Å². The van der Waals surface area contributed by atoms with Gasteiger partial charge in [-0.25, -0.2) is 0 Å². The summed E-state index contributed by atoms with van der Waals surface area (Å²) in [6, 6.07) is 6.55. The largest absolute Gasteiger partial charge is 0.481 e. The summed E-state index contributed by atoms with van der Waals surface area (Å²) in [4.78, 5) is 13.3. The first-order chi connectivity index (χ1) is 8.54. The van der Waals surface area contributed by atoms with Crippen LogP contribution >= 0.6 is 12.4 Å². The van der Waals surface area contributed by atoms with Crippen LogP contribution in [0.1, 0.15) is 29.5 Å². The maximum atomic E-state index is 11.0. The lowest BCUT2D eigenvalue weighted by atomic mass is 9.97. The molecule has 1 fully saturated rings. The Balaban J connectivity index is 0.00000180. The minimum atomic E-state index is -0.653. The van der Waals surface area contributed by atoms with Crippen molar-refractivity contribution in [2.45, 2.75) is 33.2 Å². The van der Waals surface area contributed by atoms with E-state index in [1.807, 2.05) is 0 Å². The Bertz CT molecular complexity index is 428. The van der Waals surface area contributed by atoms with Crippen LogP contribution in [0.4, 0.5) is 0 Å². The summed E-state index contributed by atoms with van der Waals surface area (Å²) in [6.45, 7) is 6.77. The summed E-state index contributed by atoms with van der Waals surface area (Å²) >= 11 is 0. The highest BCUT2D eigenvalue weighted by Gasteiger charge is 2.25. The van der Waals surface area contributed by atoms with Gasteiger partial charge in [0.2, 0.25) is 0 Å². The molecule has 1 aliphatic rings. The summed E-state index contributed by atoms with van der Waals surface area (Å²) in [5, 5.41) is 9.08. The Morgan fingerprint density at radius 3 is 2.53 bits per heavy atom. The number of carboxylic acids is 1. The molecule has 0 radical (unpaired) electrons. The number of hydrogen-bond donors (Lipinski definition) is 1. The second-order valence-corrected chi connectivity index (χ2v) is 5.41. The van der Waals surface area contributed by atoms with Crippen molar-refractivity contribution < 1.29 is 9.90 Å². The Labute approximate surface area is 121 Å². The lowest BCUT2D eigenvalue weighted by molar-refractivity contribution is -0.143. The highest BCUT2D eigenvalue weighted by Crippen LogP contribution is 2.19. The van der Waals surface area contributed by atoms with Crippen molar-refractivity contribution in [1.82, 2.24) is 4.90 Å². The highest BCUT2D eigenvalue weighted by atomic mass is 35.5. The molecular weight excluding hydrogens is 262 g/mol. The van der Waals surface area contributed by atoms with E-state index in [4.69, 9.17) is 5.11 Å². The molecule has 0 aliphatic carbocycles. The van der Waals surface area contributed by atoms with Crippen LogP contribution in [0.2, 0.25) is 0 Å². The third kappa shape index (κ3) is 4.51. The fourth-order valence-corrected chi connectivity index (χ4v) is 2.82. The molecule has 1 unspecified atom stereocenters. The van der Waals surface area contributed by atoms with E-state index in [9.17, 15) is 4.79 Å². The summed E-state index contributed by atoms with van der Waals surface area (Å²) in [7, 11) is 0. The summed E-state index contributed by atoms with van der Waals surface area (Å²) in [5.41, 5.74) is 3.84. The molecule has 19 heavy (non-hydrogen) atoms. The van der Waals surface area contributed by atoms with Crippen LogP contribution in [-0.4, -0.2) is 29.1 Å². The Morgan fingerprint density at radius 2 is 1.95 bits per heavy atom. The van der Waals surface area contributed by atoms with Gasteiger partial charge in [0.15, 0.2) is 0 Å². The third-order valence-electron chi connectivity index (χ3n) is 3.54. The van der Waals surface area contributed by atoms with Crippen LogP contribution in [0.25, 0.3) is 0 Å². The molecule has 3 nitrogen and oxygen atoms in total. The zero-order valence-electron chi connectivity index (χ0n) is 11.6. The van der Waals surface area contributed by atoms with Gasteiger partial charge in [-0.05, 0) is 38.8 Å². The number of aryl methyl sites for hydroxylation is 2. The van der Waals surface area contributed by atoms with Gasteiger partial charge in [-0.2, -0.15) is 0 Å². The zero-order chi connectivity index (χ0) is 13.1. The van der Waals surface area contributed by atoms with Gasteiger partial charge in [0.25, 0.3) is 0 Å². The van der Waals surface area contributed by atoms with Crippen LogP contribution in [0.15, 0.2) is 18.2 Å². The van der Waals surface area contributed by atoms with Crippen molar-refractivity contribution in [2.24, 2.45) is 5.92 Å². The number of nitrogens with zero attached hydrogens (tertiary/aromatic N) is 1. The van der Waals surface area contributed by atoms with E-state index in [-0.39, 0.29) is 18.3 Å². The van der Waals surface area contributed by atoms with Crippen LogP contribution in [0.5, 0.6) is 0 Å². The molecular formula is C15H22ClNO2. The Kier molecular flexibility index (Phi) is 5.83. The lowest BCUT2D eigenvalue weighted by Gasteiger charge is -2.30. The van der Waals surface area contributed by atoms with Crippen molar-refractivity contribution in [3.63, 3.8) is 0 Å². The molecule has 106 valence electrons. The number of halogens is 1. The highest BCUT2D eigenvalue weighted by molar-refractivity contribution is 5.85. The number of hydrogen-bond acceptors (Lipinski definition) is 2. The van der Waals surface area contributed by atoms with Crippen molar-refractivity contribution >= 4 is 18.4 Å². The van der Waals surface area contributed by atoms with E-state index in [2.05, 4.69) is 36.9 Å². The van der Waals surface area contributed by atoms with Gasteiger partial charge in [-0.3, -0.25) is 9.69 Å². The van der Waals surface area contributed by atoms with E-state index in [0.29, 0.717) is 6.54 Å². The molecule has 0 aromatic heterocycles. The number of likely N-dealkylation sites (tertiary alicyclic amines) is 1. The van der Waals surface area contributed by atoms with Crippen LogP contribution in [-0.2, 0) is 11.3 Å². The first-order valence-corrected chi connectivity index (χ1v) is 6.57. The predicted molar refractivity (Wildman–Crippen MR) is 78.8 cm³/mol. The average molecular weight is 284 g/mol. The van der Waals surface area contributed by atoms with Crippen molar-refractivity contribution in [3.8, 4) is 0 Å². The van der Waals surface area contributed by atoms with E-state index in [0.717, 1.165) is 25.9 Å².